The molecule has 0 bridgehead atoms. The highest BCUT2D eigenvalue weighted by Crippen LogP contribution is 2.30. The van der Waals surface area contributed by atoms with E-state index in [2.05, 4.69) is 20.9 Å². The molecule has 1 unspecified atom stereocenters. The summed E-state index contributed by atoms with van der Waals surface area (Å²) in [7, 11) is 0. The van der Waals surface area contributed by atoms with E-state index >= 15 is 0 Å². The largest absolute Gasteiger partial charge is 0.357 e. The first-order valence-corrected chi connectivity index (χ1v) is 9.75. The van der Waals surface area contributed by atoms with Crippen molar-refractivity contribution in [2.75, 3.05) is 19.6 Å². The van der Waals surface area contributed by atoms with Crippen molar-refractivity contribution in [3.63, 3.8) is 0 Å². The molecule has 2 aliphatic heterocycles. The van der Waals surface area contributed by atoms with Gasteiger partial charge in [0.05, 0.1) is 6.54 Å². The maximum absolute atomic E-state index is 13.4. The number of hydrogen-bond acceptors (Lipinski definition) is 3. The summed E-state index contributed by atoms with van der Waals surface area (Å²) in [5.74, 6) is 0.437. The number of guanidine groups is 1. The van der Waals surface area contributed by atoms with Crippen LogP contribution in [0.15, 0.2) is 23.2 Å². The van der Waals surface area contributed by atoms with Gasteiger partial charge >= 0.3 is 6.03 Å². The fraction of sp³-hybridized carbons (Fsp3) is 0.550. The van der Waals surface area contributed by atoms with Crippen LogP contribution in [-0.2, 0) is 11.3 Å². The molecule has 1 aromatic rings. The van der Waals surface area contributed by atoms with Crippen LogP contribution in [0.3, 0.4) is 0 Å². The molecule has 8 heteroatoms. The van der Waals surface area contributed by atoms with Gasteiger partial charge in [-0.15, -0.1) is 0 Å². The molecule has 2 heterocycles. The second-order valence-corrected chi connectivity index (χ2v) is 7.63. The maximum atomic E-state index is 13.4. The first-order chi connectivity index (χ1) is 13.3. The average molecular weight is 389 g/mol. The minimum absolute atomic E-state index is 0.0813. The Morgan fingerprint density at radius 2 is 2.07 bits per heavy atom. The number of piperidine rings is 1. The van der Waals surface area contributed by atoms with Gasteiger partial charge in [0, 0.05) is 19.6 Å². The number of likely N-dealkylation sites (tertiary alicyclic amines) is 1. The number of aryl methyl sites for hydroxylation is 1. The molecule has 0 saturated carbocycles. The molecule has 1 aromatic carbocycles. The second kappa shape index (κ2) is 8.16. The van der Waals surface area contributed by atoms with Gasteiger partial charge in [0.15, 0.2) is 5.96 Å². The molecular formula is C20H28FN5O2. The van der Waals surface area contributed by atoms with Crippen LogP contribution in [0.5, 0.6) is 0 Å². The van der Waals surface area contributed by atoms with Crippen LogP contribution in [0.1, 0.15) is 37.8 Å². The molecule has 3 rings (SSSR count). The van der Waals surface area contributed by atoms with E-state index in [1.807, 2.05) is 13.0 Å². The summed E-state index contributed by atoms with van der Waals surface area (Å²) in [6.07, 6.45) is 1.56. The van der Waals surface area contributed by atoms with E-state index in [-0.39, 0.29) is 17.6 Å². The van der Waals surface area contributed by atoms with Gasteiger partial charge in [0.25, 0.3) is 5.91 Å². The van der Waals surface area contributed by atoms with Crippen molar-refractivity contribution in [3.8, 4) is 0 Å². The van der Waals surface area contributed by atoms with Crippen molar-refractivity contribution in [3.05, 3.63) is 35.1 Å². The molecular weight excluding hydrogens is 361 g/mol. The zero-order chi connectivity index (χ0) is 20.3. The standard InChI is InChI=1S/C20H28FN5O2/c1-4-22-18(23-12-14-5-6-16(21)13(2)11-14)26-9-7-15(8-10-26)20(3)17(27)24-19(28)25-20/h5-6,11,15H,4,7-10,12H2,1-3H3,(H,22,23)(H2,24,25,27,28). The minimum atomic E-state index is -0.843. The van der Waals surface area contributed by atoms with Gasteiger partial charge in [0.2, 0.25) is 0 Å². The number of halogens is 1. The van der Waals surface area contributed by atoms with Crippen LogP contribution < -0.4 is 16.0 Å². The first kappa shape index (κ1) is 20.1. The molecule has 28 heavy (non-hydrogen) atoms. The van der Waals surface area contributed by atoms with Gasteiger partial charge in [-0.05, 0) is 56.7 Å². The Bertz CT molecular complexity index is 789. The molecule has 3 amide bonds. The molecule has 152 valence electrons. The van der Waals surface area contributed by atoms with Crippen molar-refractivity contribution in [1.29, 1.82) is 0 Å². The Hall–Kier alpha value is -2.64. The lowest BCUT2D eigenvalue weighted by atomic mass is 9.79. The van der Waals surface area contributed by atoms with Crippen molar-refractivity contribution in [2.24, 2.45) is 10.9 Å². The zero-order valence-electron chi connectivity index (χ0n) is 16.6. The molecule has 0 aliphatic carbocycles. The lowest BCUT2D eigenvalue weighted by molar-refractivity contribution is -0.125. The normalized spacial score (nSPS) is 23.6. The van der Waals surface area contributed by atoms with Crippen molar-refractivity contribution in [2.45, 2.75) is 45.7 Å². The van der Waals surface area contributed by atoms with Crippen molar-refractivity contribution >= 4 is 17.9 Å². The zero-order valence-corrected chi connectivity index (χ0v) is 16.6. The summed E-state index contributed by atoms with van der Waals surface area (Å²) in [6.45, 7) is 8.27. The third-order valence-electron chi connectivity index (χ3n) is 5.65. The molecule has 2 fully saturated rings. The number of carbonyl (C=O) groups is 2. The summed E-state index contributed by atoms with van der Waals surface area (Å²) in [4.78, 5) is 30.6. The van der Waals surface area contributed by atoms with E-state index in [0.717, 1.165) is 44.0 Å². The fourth-order valence-electron chi connectivity index (χ4n) is 3.91. The number of urea groups is 1. The van der Waals surface area contributed by atoms with Crippen LogP contribution in [0.2, 0.25) is 0 Å². The van der Waals surface area contributed by atoms with E-state index in [4.69, 9.17) is 4.99 Å². The monoisotopic (exact) mass is 389 g/mol. The lowest BCUT2D eigenvalue weighted by Gasteiger charge is -2.39. The molecule has 7 nitrogen and oxygen atoms in total. The molecule has 0 spiro atoms. The molecule has 3 N–H and O–H groups in total. The van der Waals surface area contributed by atoms with Crippen molar-refractivity contribution in [1.82, 2.24) is 20.9 Å². The molecule has 2 saturated heterocycles. The smallest absolute Gasteiger partial charge is 0.322 e. The minimum Gasteiger partial charge on any atom is -0.357 e. The van der Waals surface area contributed by atoms with Gasteiger partial charge < -0.3 is 15.5 Å². The Balaban J connectivity index is 1.65. The number of aliphatic imine (C=N–C) groups is 1. The quantitative estimate of drug-likeness (QED) is 0.417. The number of imide groups is 1. The van der Waals surface area contributed by atoms with Gasteiger partial charge in [-0.3, -0.25) is 10.1 Å². The topological polar surface area (TPSA) is 85.8 Å². The predicted molar refractivity (Wildman–Crippen MR) is 105 cm³/mol. The third kappa shape index (κ3) is 4.10. The predicted octanol–water partition coefficient (Wildman–Crippen LogP) is 1.91. The molecule has 1 atom stereocenters. The third-order valence-corrected chi connectivity index (χ3v) is 5.65. The summed E-state index contributed by atoms with van der Waals surface area (Å²) in [5, 5.41) is 8.43. The first-order valence-electron chi connectivity index (χ1n) is 9.75. The number of amides is 3. The SMILES string of the molecule is CCNC(=NCc1ccc(F)c(C)c1)N1CCC(C2(C)NC(=O)NC2=O)CC1. The number of nitrogens with one attached hydrogen (secondary N) is 3. The number of nitrogens with zero attached hydrogens (tertiary/aromatic N) is 2. The van der Waals surface area contributed by atoms with Gasteiger partial charge in [-0.1, -0.05) is 12.1 Å². The van der Waals surface area contributed by atoms with Gasteiger partial charge in [0.1, 0.15) is 11.4 Å². The number of rotatable bonds is 4. The Kier molecular flexibility index (Phi) is 5.86. The highest BCUT2D eigenvalue weighted by atomic mass is 19.1. The summed E-state index contributed by atoms with van der Waals surface area (Å²) < 4.78 is 13.4. The van der Waals surface area contributed by atoms with Crippen LogP contribution in [0.4, 0.5) is 9.18 Å². The summed E-state index contributed by atoms with van der Waals surface area (Å²) in [6, 6.07) is 4.63. The van der Waals surface area contributed by atoms with Crippen LogP contribution in [0, 0.1) is 18.7 Å². The molecule has 0 aromatic heterocycles. The van der Waals surface area contributed by atoms with E-state index in [1.165, 1.54) is 6.07 Å². The average Bonchev–Trinajstić information content (AvgIpc) is 2.94. The second-order valence-electron chi connectivity index (χ2n) is 7.63. The Morgan fingerprint density at radius 1 is 1.36 bits per heavy atom. The van der Waals surface area contributed by atoms with Crippen LogP contribution in [0.25, 0.3) is 0 Å². The highest BCUT2D eigenvalue weighted by Gasteiger charge is 2.48. The fourth-order valence-corrected chi connectivity index (χ4v) is 3.91. The maximum Gasteiger partial charge on any atom is 0.322 e. The van der Waals surface area contributed by atoms with Crippen LogP contribution >= 0.6 is 0 Å². The lowest BCUT2D eigenvalue weighted by Crippen LogP contribution is -2.55. The van der Waals surface area contributed by atoms with Gasteiger partial charge in [-0.2, -0.15) is 0 Å². The Morgan fingerprint density at radius 3 is 2.64 bits per heavy atom. The number of carbonyl (C=O) groups excluding carboxylic acids is 2. The van der Waals surface area contributed by atoms with E-state index < -0.39 is 11.6 Å². The Labute approximate surface area is 164 Å². The molecule has 0 radical (unpaired) electrons. The summed E-state index contributed by atoms with van der Waals surface area (Å²) in [5.41, 5.74) is 0.732. The van der Waals surface area contributed by atoms with E-state index in [9.17, 15) is 14.0 Å². The van der Waals surface area contributed by atoms with Crippen molar-refractivity contribution < 1.29 is 14.0 Å². The van der Waals surface area contributed by atoms with Gasteiger partial charge in [-0.25, -0.2) is 14.2 Å². The number of hydrogen-bond donors (Lipinski definition) is 3. The van der Waals surface area contributed by atoms with Crippen LogP contribution in [-0.4, -0.2) is 48.0 Å². The number of benzene rings is 1. The highest BCUT2D eigenvalue weighted by molar-refractivity contribution is 6.07. The van der Waals surface area contributed by atoms with E-state index in [0.29, 0.717) is 12.1 Å². The molecule has 2 aliphatic rings. The van der Waals surface area contributed by atoms with E-state index in [1.54, 1.807) is 19.9 Å². The summed E-state index contributed by atoms with van der Waals surface area (Å²) >= 11 is 0.